The number of anilines is 2. The van der Waals surface area contributed by atoms with Crippen molar-refractivity contribution in [1.82, 2.24) is 0 Å². The summed E-state index contributed by atoms with van der Waals surface area (Å²) in [6.45, 7) is 0. The molecule has 3 aromatic carbocycles. The third-order valence-electron chi connectivity index (χ3n) is 5.78. The fraction of sp³-hybridized carbons (Fsp3) is 0.167. The molecule has 0 bridgehead atoms. The molecule has 0 aliphatic carbocycles. The zero-order valence-electron chi connectivity index (χ0n) is 17.0. The van der Waals surface area contributed by atoms with Gasteiger partial charge in [0.15, 0.2) is 17.6 Å². The van der Waals surface area contributed by atoms with Crippen LogP contribution >= 0.6 is 15.9 Å². The highest BCUT2D eigenvalue weighted by Gasteiger charge is 2.60. The van der Waals surface area contributed by atoms with Crippen molar-refractivity contribution in [3.63, 3.8) is 0 Å². The van der Waals surface area contributed by atoms with Crippen molar-refractivity contribution in [2.45, 2.75) is 12.1 Å². The highest BCUT2D eigenvalue weighted by atomic mass is 79.9. The monoisotopic (exact) mass is 494 g/mol. The van der Waals surface area contributed by atoms with E-state index in [1.165, 1.54) is 7.11 Å². The minimum Gasteiger partial charge on any atom is -0.504 e. The first-order chi connectivity index (χ1) is 15.5. The average Bonchev–Trinajstić information content (AvgIpc) is 3.31. The summed E-state index contributed by atoms with van der Waals surface area (Å²) in [6, 6.07) is 20.5. The number of methoxy groups -OCH3 is 1. The summed E-state index contributed by atoms with van der Waals surface area (Å²) in [5.74, 6) is -1.47. The second-order valence-electron chi connectivity index (χ2n) is 7.54. The van der Waals surface area contributed by atoms with Gasteiger partial charge in [0.2, 0.25) is 5.91 Å². The van der Waals surface area contributed by atoms with Gasteiger partial charge in [-0.05, 0) is 42.5 Å². The topological polar surface area (TPSA) is 79.3 Å². The lowest BCUT2D eigenvalue weighted by Crippen LogP contribution is -2.37. The second kappa shape index (κ2) is 7.96. The SMILES string of the molecule is COc1cccc([C@@H]2[C@@H]3C(=O)N(c4ccc(Br)cc4)C(=O)[C@@H]3ON2c2ccccc2)c1O. The van der Waals surface area contributed by atoms with Gasteiger partial charge < -0.3 is 9.84 Å². The van der Waals surface area contributed by atoms with Gasteiger partial charge in [-0.1, -0.05) is 46.3 Å². The number of phenols is 1. The van der Waals surface area contributed by atoms with Gasteiger partial charge in [-0.2, -0.15) is 0 Å². The van der Waals surface area contributed by atoms with E-state index in [9.17, 15) is 14.7 Å². The van der Waals surface area contributed by atoms with Crippen LogP contribution in [0.25, 0.3) is 0 Å². The number of nitrogens with zero attached hydrogens (tertiary/aromatic N) is 2. The van der Waals surface area contributed by atoms with Crippen LogP contribution in [0, 0.1) is 5.92 Å². The van der Waals surface area contributed by atoms with Crippen LogP contribution in [0.3, 0.4) is 0 Å². The summed E-state index contributed by atoms with van der Waals surface area (Å²) in [4.78, 5) is 34.1. The van der Waals surface area contributed by atoms with Gasteiger partial charge in [0.05, 0.1) is 18.5 Å². The van der Waals surface area contributed by atoms with Crippen LogP contribution in [-0.4, -0.2) is 30.1 Å². The number of hydrogen-bond donors (Lipinski definition) is 1. The fourth-order valence-electron chi connectivity index (χ4n) is 4.32. The number of ether oxygens (including phenoxy) is 1. The van der Waals surface area contributed by atoms with E-state index in [0.717, 1.165) is 9.37 Å². The molecule has 162 valence electrons. The van der Waals surface area contributed by atoms with Crippen LogP contribution in [0.4, 0.5) is 11.4 Å². The highest BCUT2D eigenvalue weighted by molar-refractivity contribution is 9.10. The maximum absolute atomic E-state index is 13.6. The quantitative estimate of drug-likeness (QED) is 0.547. The van der Waals surface area contributed by atoms with Crippen LogP contribution in [0.2, 0.25) is 0 Å². The smallest absolute Gasteiger partial charge is 0.266 e. The van der Waals surface area contributed by atoms with Crippen molar-refractivity contribution >= 4 is 39.1 Å². The highest BCUT2D eigenvalue weighted by Crippen LogP contribution is 2.50. The van der Waals surface area contributed by atoms with E-state index in [1.807, 2.05) is 30.3 Å². The van der Waals surface area contributed by atoms with Crippen LogP contribution < -0.4 is 14.7 Å². The van der Waals surface area contributed by atoms with E-state index in [2.05, 4.69) is 15.9 Å². The van der Waals surface area contributed by atoms with Gasteiger partial charge in [-0.15, -0.1) is 0 Å². The Hall–Kier alpha value is -3.36. The van der Waals surface area contributed by atoms with Crippen molar-refractivity contribution in [2.75, 3.05) is 17.1 Å². The van der Waals surface area contributed by atoms with E-state index in [0.29, 0.717) is 16.9 Å². The number of phenolic OH excluding ortho intramolecular Hbond substituents is 1. The zero-order chi connectivity index (χ0) is 22.4. The van der Waals surface area contributed by atoms with Crippen molar-refractivity contribution in [2.24, 2.45) is 5.92 Å². The predicted octanol–water partition coefficient (Wildman–Crippen LogP) is 4.21. The molecule has 0 radical (unpaired) electrons. The molecule has 2 amide bonds. The van der Waals surface area contributed by atoms with Gasteiger partial charge in [-0.3, -0.25) is 14.4 Å². The normalized spacial score (nSPS) is 22.4. The first kappa shape index (κ1) is 20.5. The van der Waals surface area contributed by atoms with Gasteiger partial charge >= 0.3 is 0 Å². The molecular weight excluding hydrogens is 476 g/mol. The third kappa shape index (κ3) is 3.14. The summed E-state index contributed by atoms with van der Waals surface area (Å²) in [6.07, 6.45) is -1.01. The summed E-state index contributed by atoms with van der Waals surface area (Å²) in [5.41, 5.74) is 1.59. The molecule has 2 aliphatic rings. The molecule has 3 aromatic rings. The summed E-state index contributed by atoms with van der Waals surface area (Å²) < 4.78 is 6.11. The molecule has 2 aliphatic heterocycles. The minimum atomic E-state index is -1.01. The van der Waals surface area contributed by atoms with E-state index in [4.69, 9.17) is 9.57 Å². The van der Waals surface area contributed by atoms with Gasteiger partial charge in [-0.25, -0.2) is 9.96 Å². The maximum Gasteiger partial charge on any atom is 0.266 e. The maximum atomic E-state index is 13.6. The lowest BCUT2D eigenvalue weighted by atomic mass is 9.90. The Morgan fingerprint density at radius 1 is 0.906 bits per heavy atom. The zero-order valence-corrected chi connectivity index (χ0v) is 18.6. The number of hydrogen-bond acceptors (Lipinski definition) is 6. The largest absolute Gasteiger partial charge is 0.504 e. The number of rotatable bonds is 4. The number of para-hydroxylation sites is 2. The number of halogens is 1. The number of amides is 2. The minimum absolute atomic E-state index is 0.0903. The summed E-state index contributed by atoms with van der Waals surface area (Å²) in [7, 11) is 1.46. The Bertz CT molecular complexity index is 1180. The standard InChI is InChI=1S/C24H19BrN2O5/c1-31-18-9-5-8-17(21(18)28)20-19-22(32-27(20)16-6-3-2-4-7-16)24(30)26(23(19)29)15-12-10-14(25)11-13-15/h2-13,19-20,22,28H,1H3/t19-,20+,22+/m0/s1. The Labute approximate surface area is 192 Å². The molecule has 8 heteroatoms. The van der Waals surface area contributed by atoms with Gasteiger partial charge in [0.25, 0.3) is 5.91 Å². The number of hydroxylamine groups is 1. The Morgan fingerprint density at radius 2 is 1.62 bits per heavy atom. The van der Waals surface area contributed by atoms with E-state index in [-0.39, 0.29) is 17.4 Å². The van der Waals surface area contributed by atoms with Crippen molar-refractivity contribution in [1.29, 1.82) is 0 Å². The number of carbonyl (C=O) groups is 2. The van der Waals surface area contributed by atoms with E-state index >= 15 is 0 Å². The molecule has 1 N–H and O–H groups in total. The molecule has 32 heavy (non-hydrogen) atoms. The van der Waals surface area contributed by atoms with E-state index < -0.39 is 24.0 Å². The molecule has 0 spiro atoms. The Balaban J connectivity index is 1.62. The molecule has 3 atom stereocenters. The second-order valence-corrected chi connectivity index (χ2v) is 8.46. The fourth-order valence-corrected chi connectivity index (χ4v) is 4.58. The molecule has 2 heterocycles. The van der Waals surface area contributed by atoms with Crippen LogP contribution in [0.1, 0.15) is 11.6 Å². The van der Waals surface area contributed by atoms with Gasteiger partial charge in [0.1, 0.15) is 12.0 Å². The third-order valence-corrected chi connectivity index (χ3v) is 6.31. The summed E-state index contributed by atoms with van der Waals surface area (Å²) >= 11 is 3.37. The average molecular weight is 495 g/mol. The van der Waals surface area contributed by atoms with E-state index in [1.54, 1.807) is 47.5 Å². The lowest BCUT2D eigenvalue weighted by Gasteiger charge is -2.29. The Kier molecular flexibility index (Phi) is 5.11. The van der Waals surface area contributed by atoms with Crippen molar-refractivity contribution in [3.05, 3.63) is 82.8 Å². The molecular formula is C24H19BrN2O5. The number of fused-ring (bicyclic) bond motifs is 1. The molecule has 2 fully saturated rings. The predicted molar refractivity (Wildman–Crippen MR) is 121 cm³/mol. The number of aromatic hydroxyl groups is 1. The molecule has 0 saturated carbocycles. The van der Waals surface area contributed by atoms with Crippen molar-refractivity contribution in [3.8, 4) is 11.5 Å². The number of benzene rings is 3. The molecule has 5 rings (SSSR count). The van der Waals surface area contributed by atoms with Gasteiger partial charge in [0, 0.05) is 10.0 Å². The first-order valence-corrected chi connectivity index (χ1v) is 10.8. The van der Waals surface area contributed by atoms with Crippen molar-refractivity contribution < 1.29 is 24.3 Å². The molecule has 2 saturated heterocycles. The number of imide groups is 1. The molecule has 7 nitrogen and oxygen atoms in total. The lowest BCUT2D eigenvalue weighted by molar-refractivity contribution is -0.126. The summed E-state index contributed by atoms with van der Waals surface area (Å²) in [5, 5.41) is 12.4. The Morgan fingerprint density at radius 3 is 2.31 bits per heavy atom. The van der Waals surface area contributed by atoms with Crippen LogP contribution in [-0.2, 0) is 14.4 Å². The molecule has 0 unspecified atom stereocenters. The van der Waals surface area contributed by atoms with Crippen LogP contribution in [0.5, 0.6) is 11.5 Å². The van der Waals surface area contributed by atoms with Crippen LogP contribution in [0.15, 0.2) is 77.3 Å². The number of carbonyl (C=O) groups excluding carboxylic acids is 2. The first-order valence-electron chi connectivity index (χ1n) is 10.0. The molecule has 0 aromatic heterocycles.